The van der Waals surface area contributed by atoms with E-state index in [1.165, 1.54) is 18.2 Å². The Bertz CT molecular complexity index is 1070. The van der Waals surface area contributed by atoms with Gasteiger partial charge in [-0.3, -0.25) is 4.79 Å². The summed E-state index contributed by atoms with van der Waals surface area (Å²) in [5.74, 6) is -0.354. The molecule has 0 atom stereocenters. The number of hydrogen-bond acceptors (Lipinski definition) is 3. The summed E-state index contributed by atoms with van der Waals surface area (Å²) in [7, 11) is 0. The number of benzene rings is 3. The maximum absolute atomic E-state index is 13.4. The SMILES string of the molecule is O=C(Nc1ccc(-c2nc3ccccc3o2)cc1)c1cc(F)ccc1Br. The van der Waals surface area contributed by atoms with Gasteiger partial charge < -0.3 is 9.73 Å². The molecule has 0 spiro atoms. The molecule has 0 aliphatic carbocycles. The highest BCUT2D eigenvalue weighted by Crippen LogP contribution is 2.26. The fraction of sp³-hybridized carbons (Fsp3) is 0. The van der Waals surface area contributed by atoms with Gasteiger partial charge in [0.15, 0.2) is 5.58 Å². The Balaban J connectivity index is 1.56. The number of oxazole rings is 1. The Morgan fingerprint density at radius 3 is 2.58 bits per heavy atom. The lowest BCUT2D eigenvalue weighted by Gasteiger charge is -2.07. The van der Waals surface area contributed by atoms with E-state index in [1.54, 1.807) is 24.3 Å². The highest BCUT2D eigenvalue weighted by atomic mass is 79.9. The predicted octanol–water partition coefficient (Wildman–Crippen LogP) is 5.65. The molecule has 1 amide bonds. The van der Waals surface area contributed by atoms with Crippen molar-refractivity contribution in [1.29, 1.82) is 0 Å². The lowest BCUT2D eigenvalue weighted by molar-refractivity contribution is 0.102. The van der Waals surface area contributed by atoms with Crippen molar-refractivity contribution in [3.63, 3.8) is 0 Å². The molecule has 128 valence electrons. The van der Waals surface area contributed by atoms with E-state index in [-0.39, 0.29) is 5.56 Å². The van der Waals surface area contributed by atoms with E-state index in [2.05, 4.69) is 26.2 Å². The molecule has 0 unspecified atom stereocenters. The van der Waals surface area contributed by atoms with Gasteiger partial charge in [0.25, 0.3) is 5.91 Å². The number of rotatable bonds is 3. The fourth-order valence-corrected chi connectivity index (χ4v) is 2.99. The second kappa shape index (κ2) is 6.72. The van der Waals surface area contributed by atoms with Crippen molar-refractivity contribution in [2.75, 3.05) is 5.32 Å². The molecule has 0 aliphatic heterocycles. The van der Waals surface area contributed by atoms with Gasteiger partial charge in [-0.2, -0.15) is 0 Å². The molecule has 0 fully saturated rings. The molecule has 26 heavy (non-hydrogen) atoms. The lowest BCUT2D eigenvalue weighted by Crippen LogP contribution is -2.12. The fourth-order valence-electron chi connectivity index (χ4n) is 2.56. The number of para-hydroxylation sites is 2. The lowest BCUT2D eigenvalue weighted by atomic mass is 10.1. The molecule has 3 aromatic carbocycles. The highest BCUT2D eigenvalue weighted by Gasteiger charge is 2.12. The molecule has 6 heteroatoms. The van der Waals surface area contributed by atoms with E-state index < -0.39 is 11.7 Å². The van der Waals surface area contributed by atoms with Crippen molar-refractivity contribution >= 4 is 38.6 Å². The second-order valence-corrected chi connectivity index (χ2v) is 6.50. The first-order valence-electron chi connectivity index (χ1n) is 7.82. The minimum atomic E-state index is -0.468. The molecule has 0 saturated carbocycles. The smallest absolute Gasteiger partial charge is 0.256 e. The van der Waals surface area contributed by atoms with Gasteiger partial charge in [-0.15, -0.1) is 0 Å². The van der Waals surface area contributed by atoms with E-state index in [4.69, 9.17) is 4.42 Å². The predicted molar refractivity (Wildman–Crippen MR) is 101 cm³/mol. The van der Waals surface area contributed by atoms with Crippen LogP contribution in [0, 0.1) is 5.82 Å². The minimum absolute atomic E-state index is 0.230. The molecule has 0 aliphatic rings. The maximum Gasteiger partial charge on any atom is 0.256 e. The number of hydrogen-bond donors (Lipinski definition) is 1. The largest absolute Gasteiger partial charge is 0.436 e. The summed E-state index contributed by atoms with van der Waals surface area (Å²) in [6, 6.07) is 18.6. The molecule has 4 rings (SSSR count). The second-order valence-electron chi connectivity index (χ2n) is 5.64. The van der Waals surface area contributed by atoms with Crippen LogP contribution in [0.15, 0.2) is 75.6 Å². The molecule has 0 bridgehead atoms. The third-order valence-corrected chi connectivity index (χ3v) is 4.55. The zero-order valence-corrected chi connectivity index (χ0v) is 15.0. The Kier molecular flexibility index (Phi) is 4.26. The molecule has 1 heterocycles. The molecule has 1 aromatic heterocycles. The maximum atomic E-state index is 13.4. The number of halogens is 2. The first-order valence-corrected chi connectivity index (χ1v) is 8.62. The van der Waals surface area contributed by atoms with Gasteiger partial charge in [0.1, 0.15) is 11.3 Å². The van der Waals surface area contributed by atoms with Crippen molar-refractivity contribution in [2.24, 2.45) is 0 Å². The van der Waals surface area contributed by atoms with Crippen LogP contribution in [0.2, 0.25) is 0 Å². The first kappa shape index (κ1) is 16.5. The Hall–Kier alpha value is -2.99. The topological polar surface area (TPSA) is 55.1 Å². The van der Waals surface area contributed by atoms with E-state index in [1.807, 2.05) is 24.3 Å². The number of carbonyl (C=O) groups is 1. The minimum Gasteiger partial charge on any atom is -0.436 e. The van der Waals surface area contributed by atoms with Crippen LogP contribution < -0.4 is 5.32 Å². The van der Waals surface area contributed by atoms with Crippen molar-refractivity contribution in [3.05, 3.63) is 82.6 Å². The van der Waals surface area contributed by atoms with Crippen LogP contribution in [-0.4, -0.2) is 10.9 Å². The van der Waals surface area contributed by atoms with Gasteiger partial charge in [0, 0.05) is 15.7 Å². The van der Waals surface area contributed by atoms with E-state index in [9.17, 15) is 9.18 Å². The molecular weight excluding hydrogens is 399 g/mol. The van der Waals surface area contributed by atoms with Crippen LogP contribution >= 0.6 is 15.9 Å². The number of anilines is 1. The summed E-state index contributed by atoms with van der Waals surface area (Å²) in [5, 5.41) is 2.74. The van der Waals surface area contributed by atoms with E-state index >= 15 is 0 Å². The van der Waals surface area contributed by atoms with Crippen LogP contribution in [0.5, 0.6) is 0 Å². The molecule has 0 radical (unpaired) electrons. The Morgan fingerprint density at radius 1 is 1.04 bits per heavy atom. The third kappa shape index (κ3) is 3.23. The van der Waals surface area contributed by atoms with Gasteiger partial charge in [0.05, 0.1) is 5.56 Å². The van der Waals surface area contributed by atoms with Crippen LogP contribution in [0.3, 0.4) is 0 Å². The van der Waals surface area contributed by atoms with Gasteiger partial charge in [0.2, 0.25) is 5.89 Å². The summed E-state index contributed by atoms with van der Waals surface area (Å²) in [4.78, 5) is 16.8. The number of nitrogens with zero attached hydrogens (tertiary/aromatic N) is 1. The summed E-state index contributed by atoms with van der Waals surface area (Å²) < 4.78 is 19.6. The Labute approximate surface area is 156 Å². The van der Waals surface area contributed by atoms with Gasteiger partial charge in [-0.1, -0.05) is 12.1 Å². The average Bonchev–Trinajstić information content (AvgIpc) is 3.08. The Morgan fingerprint density at radius 2 is 1.81 bits per heavy atom. The molecule has 4 nitrogen and oxygen atoms in total. The van der Waals surface area contributed by atoms with Crippen LogP contribution in [0.25, 0.3) is 22.6 Å². The number of amides is 1. The average molecular weight is 411 g/mol. The summed E-state index contributed by atoms with van der Waals surface area (Å²) >= 11 is 3.26. The molecular formula is C20H12BrFN2O2. The molecule has 4 aromatic rings. The van der Waals surface area contributed by atoms with Crippen LogP contribution in [-0.2, 0) is 0 Å². The van der Waals surface area contributed by atoms with E-state index in [0.717, 1.165) is 16.7 Å². The van der Waals surface area contributed by atoms with Gasteiger partial charge >= 0.3 is 0 Å². The summed E-state index contributed by atoms with van der Waals surface area (Å²) in [5.41, 5.74) is 3.12. The summed E-state index contributed by atoms with van der Waals surface area (Å²) in [6.07, 6.45) is 0. The quantitative estimate of drug-likeness (QED) is 0.474. The monoisotopic (exact) mass is 410 g/mol. The van der Waals surface area contributed by atoms with Gasteiger partial charge in [-0.25, -0.2) is 9.37 Å². The van der Waals surface area contributed by atoms with Crippen LogP contribution in [0.4, 0.5) is 10.1 Å². The van der Waals surface area contributed by atoms with E-state index in [0.29, 0.717) is 16.1 Å². The van der Waals surface area contributed by atoms with Crippen molar-refractivity contribution in [1.82, 2.24) is 4.98 Å². The highest BCUT2D eigenvalue weighted by molar-refractivity contribution is 9.10. The van der Waals surface area contributed by atoms with Crippen LogP contribution in [0.1, 0.15) is 10.4 Å². The summed E-state index contributed by atoms with van der Waals surface area (Å²) in [6.45, 7) is 0. The first-order chi connectivity index (χ1) is 12.6. The number of nitrogens with one attached hydrogen (secondary N) is 1. The van der Waals surface area contributed by atoms with Gasteiger partial charge in [-0.05, 0) is 70.5 Å². The van der Waals surface area contributed by atoms with Crippen molar-refractivity contribution in [3.8, 4) is 11.5 Å². The van der Waals surface area contributed by atoms with Crippen molar-refractivity contribution in [2.45, 2.75) is 0 Å². The third-order valence-electron chi connectivity index (χ3n) is 3.86. The molecule has 1 N–H and O–H groups in total. The zero-order chi connectivity index (χ0) is 18.1. The normalized spacial score (nSPS) is 10.8. The number of fused-ring (bicyclic) bond motifs is 1. The standard InChI is InChI=1S/C20H12BrFN2O2/c21-16-10-7-13(22)11-15(16)19(25)23-14-8-5-12(6-9-14)20-24-17-3-1-2-4-18(17)26-20/h1-11H,(H,23,25). The number of aromatic nitrogens is 1. The van der Waals surface area contributed by atoms with Crippen molar-refractivity contribution < 1.29 is 13.6 Å². The molecule has 0 saturated heterocycles. The zero-order valence-electron chi connectivity index (χ0n) is 13.4. The number of carbonyl (C=O) groups excluding carboxylic acids is 1.